The van der Waals surface area contributed by atoms with Crippen molar-refractivity contribution in [2.45, 2.75) is 31.9 Å². The highest BCUT2D eigenvalue weighted by Gasteiger charge is 2.26. The molecule has 1 aliphatic heterocycles. The van der Waals surface area contributed by atoms with Gasteiger partial charge in [0.2, 0.25) is 0 Å². The molecular formula is C25H25BrN6O3. The number of benzene rings is 1. The van der Waals surface area contributed by atoms with Gasteiger partial charge in [0.15, 0.2) is 18.0 Å². The zero-order valence-electron chi connectivity index (χ0n) is 19.0. The van der Waals surface area contributed by atoms with Crippen molar-refractivity contribution >= 4 is 33.5 Å². The van der Waals surface area contributed by atoms with Gasteiger partial charge in [-0.25, -0.2) is 9.78 Å². The monoisotopic (exact) mass is 536 g/mol. The lowest BCUT2D eigenvalue weighted by molar-refractivity contribution is -0.605. The van der Waals surface area contributed by atoms with E-state index in [1.54, 1.807) is 21.7 Å². The summed E-state index contributed by atoms with van der Waals surface area (Å²) in [5.74, 6) is 1.00. The van der Waals surface area contributed by atoms with Gasteiger partial charge in [-0.1, -0.05) is 30.3 Å². The fourth-order valence-corrected chi connectivity index (χ4v) is 4.60. The maximum Gasteiger partial charge on any atom is 0.410 e. The number of fused-ring (bicyclic) bond motifs is 1. The Bertz CT molecular complexity index is 1320. The smallest absolute Gasteiger partial charge is 0.410 e. The van der Waals surface area contributed by atoms with Crippen molar-refractivity contribution < 1.29 is 14.3 Å². The van der Waals surface area contributed by atoms with Crippen LogP contribution in [0, 0.1) is 5.21 Å². The molecule has 3 aromatic heterocycles. The molecule has 0 bridgehead atoms. The number of ether oxygens (including phenoxy) is 1. The van der Waals surface area contributed by atoms with Gasteiger partial charge in [0.1, 0.15) is 12.4 Å². The van der Waals surface area contributed by atoms with Crippen LogP contribution in [0.5, 0.6) is 0 Å². The zero-order valence-corrected chi connectivity index (χ0v) is 20.6. The predicted molar refractivity (Wildman–Crippen MR) is 134 cm³/mol. The van der Waals surface area contributed by atoms with Gasteiger partial charge < -0.3 is 20.2 Å². The number of anilines is 1. The quantitative estimate of drug-likeness (QED) is 0.292. The Morgan fingerprint density at radius 1 is 1.17 bits per heavy atom. The number of nitrogens with one attached hydrogen (secondary N) is 1. The lowest BCUT2D eigenvalue weighted by Gasteiger charge is -2.31. The van der Waals surface area contributed by atoms with E-state index in [4.69, 9.17) is 9.72 Å². The Morgan fingerprint density at radius 2 is 1.94 bits per heavy atom. The number of pyridine rings is 1. The normalized spacial score (nSPS) is 14.3. The maximum absolute atomic E-state index is 12.5. The fraction of sp³-hybridized carbons (Fsp3) is 0.280. The second kappa shape index (κ2) is 10.3. The zero-order chi connectivity index (χ0) is 24.2. The minimum atomic E-state index is -0.282. The molecule has 1 aliphatic rings. The van der Waals surface area contributed by atoms with Gasteiger partial charge in [0.25, 0.3) is 0 Å². The third kappa shape index (κ3) is 5.37. The van der Waals surface area contributed by atoms with Crippen LogP contribution in [0.2, 0.25) is 0 Å². The standard InChI is InChI=1S/C25H25BrN6O3/c26-21-15-28-32-23(27-14-19-7-4-10-31(34)16-19)13-22(29-24(21)32)20-8-11-30(12-9-20)25(33)35-17-18-5-2-1-3-6-18/h1-7,10,13,15-16,20,27H,8-9,11-12,14,17H2. The summed E-state index contributed by atoms with van der Waals surface area (Å²) in [6, 6.07) is 15.3. The molecule has 0 atom stereocenters. The molecule has 1 saturated heterocycles. The lowest BCUT2D eigenvalue weighted by Crippen LogP contribution is -2.38. The Hall–Kier alpha value is -3.66. The summed E-state index contributed by atoms with van der Waals surface area (Å²) in [7, 11) is 0. The fourth-order valence-electron chi connectivity index (χ4n) is 4.26. The van der Waals surface area contributed by atoms with E-state index in [2.05, 4.69) is 26.3 Å². The van der Waals surface area contributed by atoms with Gasteiger partial charge in [-0.05, 0) is 40.4 Å². The van der Waals surface area contributed by atoms with E-state index < -0.39 is 0 Å². The molecule has 4 aromatic rings. The van der Waals surface area contributed by atoms with Crippen LogP contribution in [0.15, 0.2) is 71.6 Å². The van der Waals surface area contributed by atoms with E-state index >= 15 is 0 Å². The Labute approximate surface area is 211 Å². The molecule has 0 saturated carbocycles. The number of likely N-dealkylation sites (tertiary alicyclic amines) is 1. The van der Waals surface area contributed by atoms with E-state index in [0.29, 0.717) is 19.6 Å². The number of carbonyl (C=O) groups is 1. The van der Waals surface area contributed by atoms with Gasteiger partial charge in [0.05, 0.1) is 10.7 Å². The van der Waals surface area contributed by atoms with Crippen molar-refractivity contribution in [1.82, 2.24) is 19.5 Å². The number of halogens is 1. The Kier molecular flexibility index (Phi) is 6.80. The molecule has 10 heteroatoms. The number of rotatable bonds is 6. The number of hydrogen-bond acceptors (Lipinski definition) is 6. The van der Waals surface area contributed by atoms with Gasteiger partial charge in [-0.2, -0.15) is 14.3 Å². The van der Waals surface area contributed by atoms with Crippen molar-refractivity contribution in [3.05, 3.63) is 93.6 Å². The summed E-state index contributed by atoms with van der Waals surface area (Å²) >= 11 is 3.54. The van der Waals surface area contributed by atoms with Gasteiger partial charge in [0, 0.05) is 48.9 Å². The molecule has 0 aliphatic carbocycles. The lowest BCUT2D eigenvalue weighted by atomic mass is 9.93. The minimum Gasteiger partial charge on any atom is -0.619 e. The summed E-state index contributed by atoms with van der Waals surface area (Å²) < 4.78 is 8.83. The van der Waals surface area contributed by atoms with Crippen LogP contribution in [0.3, 0.4) is 0 Å². The summed E-state index contributed by atoms with van der Waals surface area (Å²) in [5.41, 5.74) is 3.51. The van der Waals surface area contributed by atoms with E-state index in [-0.39, 0.29) is 18.6 Å². The largest absolute Gasteiger partial charge is 0.619 e. The van der Waals surface area contributed by atoms with Crippen molar-refractivity contribution in [2.75, 3.05) is 18.4 Å². The molecule has 0 unspecified atom stereocenters. The molecule has 9 nitrogen and oxygen atoms in total. The summed E-state index contributed by atoms with van der Waals surface area (Å²) in [6.07, 6.45) is 6.03. The van der Waals surface area contributed by atoms with Crippen LogP contribution < -0.4 is 10.0 Å². The third-order valence-corrected chi connectivity index (χ3v) is 6.69. The molecule has 1 amide bonds. The molecular weight excluding hydrogens is 512 g/mol. The first-order valence-corrected chi connectivity index (χ1v) is 12.3. The highest BCUT2D eigenvalue weighted by Crippen LogP contribution is 2.31. The molecule has 0 radical (unpaired) electrons. The summed E-state index contributed by atoms with van der Waals surface area (Å²) in [5, 5.41) is 19.4. The average Bonchev–Trinajstić information content (AvgIpc) is 3.27. The number of amides is 1. The highest BCUT2D eigenvalue weighted by molar-refractivity contribution is 9.10. The van der Waals surface area contributed by atoms with Crippen LogP contribution in [0.25, 0.3) is 5.65 Å². The Morgan fingerprint density at radius 3 is 2.71 bits per heavy atom. The predicted octanol–water partition coefficient (Wildman–Crippen LogP) is 4.25. The van der Waals surface area contributed by atoms with E-state index in [0.717, 1.165) is 50.3 Å². The van der Waals surface area contributed by atoms with Gasteiger partial charge in [-0.15, -0.1) is 0 Å². The topological polar surface area (TPSA) is 98.7 Å². The van der Waals surface area contributed by atoms with Crippen LogP contribution >= 0.6 is 15.9 Å². The first-order valence-electron chi connectivity index (χ1n) is 11.5. The molecule has 0 spiro atoms. The first-order chi connectivity index (χ1) is 17.1. The third-order valence-electron chi connectivity index (χ3n) is 6.14. The molecule has 1 N–H and O–H groups in total. The number of aromatic nitrogens is 4. The number of nitrogens with zero attached hydrogens (tertiary/aromatic N) is 5. The van der Waals surface area contributed by atoms with Crippen LogP contribution in [-0.4, -0.2) is 38.7 Å². The molecule has 5 rings (SSSR count). The van der Waals surface area contributed by atoms with E-state index in [1.165, 1.54) is 12.4 Å². The first kappa shape index (κ1) is 23.1. The van der Waals surface area contributed by atoms with Crippen molar-refractivity contribution in [2.24, 2.45) is 0 Å². The van der Waals surface area contributed by atoms with Gasteiger partial charge >= 0.3 is 6.09 Å². The molecule has 4 heterocycles. The van der Waals surface area contributed by atoms with Gasteiger partial charge in [-0.3, -0.25) is 0 Å². The number of carbonyl (C=O) groups excluding carboxylic acids is 1. The molecule has 1 fully saturated rings. The average molecular weight is 537 g/mol. The maximum atomic E-state index is 12.5. The van der Waals surface area contributed by atoms with Crippen molar-refractivity contribution in [3.8, 4) is 0 Å². The summed E-state index contributed by atoms with van der Waals surface area (Å²) in [6.45, 7) is 1.98. The van der Waals surface area contributed by atoms with Crippen molar-refractivity contribution in [3.63, 3.8) is 0 Å². The Balaban J connectivity index is 1.26. The SMILES string of the molecule is O=C(OCc1ccccc1)N1CCC(c2cc(NCc3ccc[n+]([O-])c3)n3ncc(Br)c3n2)CC1. The van der Waals surface area contributed by atoms with Crippen LogP contribution in [0.1, 0.15) is 35.6 Å². The second-order valence-electron chi connectivity index (χ2n) is 8.52. The molecule has 180 valence electrons. The van der Waals surface area contributed by atoms with E-state index in [1.807, 2.05) is 42.5 Å². The second-order valence-corrected chi connectivity index (χ2v) is 9.38. The number of hydrogen-bond donors (Lipinski definition) is 1. The molecule has 1 aromatic carbocycles. The molecule has 35 heavy (non-hydrogen) atoms. The van der Waals surface area contributed by atoms with Crippen LogP contribution in [-0.2, 0) is 17.9 Å². The van der Waals surface area contributed by atoms with Crippen molar-refractivity contribution in [1.29, 1.82) is 0 Å². The highest BCUT2D eigenvalue weighted by atomic mass is 79.9. The summed E-state index contributed by atoms with van der Waals surface area (Å²) in [4.78, 5) is 19.2. The number of piperidine rings is 1. The van der Waals surface area contributed by atoms with E-state index in [9.17, 15) is 10.0 Å². The minimum absolute atomic E-state index is 0.209. The van der Waals surface area contributed by atoms with Crippen LogP contribution in [0.4, 0.5) is 10.6 Å².